The Morgan fingerprint density at radius 3 is 2.81 bits per heavy atom. The van der Waals surface area contributed by atoms with Gasteiger partial charge in [0.05, 0.1) is 13.7 Å². The van der Waals surface area contributed by atoms with E-state index in [1.54, 1.807) is 13.3 Å². The zero-order valence-corrected chi connectivity index (χ0v) is 12.0. The number of ether oxygens (including phenoxy) is 2. The van der Waals surface area contributed by atoms with Crippen molar-refractivity contribution in [1.82, 2.24) is 4.98 Å². The van der Waals surface area contributed by atoms with Gasteiger partial charge < -0.3 is 14.6 Å². The smallest absolute Gasteiger partial charge is 0.303 e. The Bertz CT molecular complexity index is 612. The van der Waals surface area contributed by atoms with Crippen LogP contribution in [0.1, 0.15) is 25.7 Å². The number of nitrogens with zero attached hydrogens (tertiary/aromatic N) is 1. The normalized spacial score (nSPS) is 10.5. The van der Waals surface area contributed by atoms with E-state index in [0.29, 0.717) is 13.0 Å². The van der Waals surface area contributed by atoms with Gasteiger partial charge in [0, 0.05) is 18.0 Å². The van der Waals surface area contributed by atoms with E-state index in [1.807, 2.05) is 24.3 Å². The van der Waals surface area contributed by atoms with E-state index < -0.39 is 5.97 Å². The third kappa shape index (κ3) is 4.08. The molecule has 112 valence electrons. The number of carboxylic acid groups (broad SMARTS) is 1. The predicted molar refractivity (Wildman–Crippen MR) is 79.9 cm³/mol. The van der Waals surface area contributed by atoms with Gasteiger partial charge in [0.25, 0.3) is 0 Å². The molecule has 0 unspecified atom stereocenters. The summed E-state index contributed by atoms with van der Waals surface area (Å²) in [7, 11) is 1.62. The molecule has 1 aromatic heterocycles. The number of benzene rings is 1. The van der Waals surface area contributed by atoms with Crippen molar-refractivity contribution in [3.63, 3.8) is 0 Å². The summed E-state index contributed by atoms with van der Waals surface area (Å²) in [5.41, 5.74) is 0.781. The van der Waals surface area contributed by atoms with Crippen LogP contribution in [-0.4, -0.2) is 29.8 Å². The van der Waals surface area contributed by atoms with Gasteiger partial charge in [0.15, 0.2) is 0 Å². The Morgan fingerprint density at radius 2 is 2.05 bits per heavy atom. The van der Waals surface area contributed by atoms with Crippen molar-refractivity contribution in [2.24, 2.45) is 0 Å². The summed E-state index contributed by atoms with van der Waals surface area (Å²) in [6.45, 7) is 0.565. The number of hydrogen-bond donors (Lipinski definition) is 1. The first-order chi connectivity index (χ1) is 10.2. The van der Waals surface area contributed by atoms with E-state index in [0.717, 1.165) is 35.2 Å². The van der Waals surface area contributed by atoms with Crippen LogP contribution in [0.2, 0.25) is 0 Å². The van der Waals surface area contributed by atoms with Crippen LogP contribution in [0, 0.1) is 0 Å². The van der Waals surface area contributed by atoms with Gasteiger partial charge >= 0.3 is 5.97 Å². The van der Waals surface area contributed by atoms with Crippen LogP contribution in [0.15, 0.2) is 30.5 Å². The first-order valence-corrected chi connectivity index (χ1v) is 6.98. The van der Waals surface area contributed by atoms with Crippen molar-refractivity contribution in [2.75, 3.05) is 13.7 Å². The Labute approximate surface area is 123 Å². The molecule has 0 saturated carbocycles. The van der Waals surface area contributed by atoms with Gasteiger partial charge in [0.1, 0.15) is 17.0 Å². The van der Waals surface area contributed by atoms with E-state index in [2.05, 4.69) is 4.98 Å². The molecule has 0 aliphatic carbocycles. The van der Waals surface area contributed by atoms with Gasteiger partial charge in [-0.1, -0.05) is 6.07 Å². The second-order valence-corrected chi connectivity index (χ2v) is 4.72. The number of carboxylic acids is 1. The number of aliphatic carboxylic acids is 1. The molecule has 0 aliphatic rings. The Balaban J connectivity index is 1.95. The van der Waals surface area contributed by atoms with Crippen molar-refractivity contribution in [3.05, 3.63) is 30.5 Å². The lowest BCUT2D eigenvalue weighted by Gasteiger charge is -2.10. The molecule has 0 bridgehead atoms. The summed E-state index contributed by atoms with van der Waals surface area (Å²) in [5.74, 6) is 0.750. The number of unbranched alkanes of at least 4 members (excludes halogenated alkanes) is 2. The maximum atomic E-state index is 10.4. The largest absolute Gasteiger partial charge is 0.494 e. The number of rotatable bonds is 8. The van der Waals surface area contributed by atoms with Gasteiger partial charge in [-0.05, 0) is 37.5 Å². The molecule has 0 radical (unpaired) electrons. The number of para-hydroxylation sites is 1. The van der Waals surface area contributed by atoms with E-state index in [-0.39, 0.29) is 6.42 Å². The highest BCUT2D eigenvalue weighted by Crippen LogP contribution is 2.30. The van der Waals surface area contributed by atoms with E-state index in [4.69, 9.17) is 14.6 Å². The standard InChI is InChI=1S/C16H19NO4/c1-20-14-7-5-6-12-13(9-10-17-16(12)14)21-11-4-2-3-8-15(18)19/h5-7,9-10H,2-4,8,11H2,1H3,(H,18,19). The number of methoxy groups -OCH3 is 1. The molecule has 2 aromatic rings. The minimum absolute atomic E-state index is 0.218. The monoisotopic (exact) mass is 289 g/mol. The van der Waals surface area contributed by atoms with Crippen molar-refractivity contribution < 1.29 is 19.4 Å². The summed E-state index contributed by atoms with van der Waals surface area (Å²) in [4.78, 5) is 14.7. The van der Waals surface area contributed by atoms with Crippen molar-refractivity contribution >= 4 is 16.9 Å². The molecule has 5 heteroatoms. The Morgan fingerprint density at radius 1 is 1.19 bits per heavy atom. The third-order valence-electron chi connectivity index (χ3n) is 3.21. The quantitative estimate of drug-likeness (QED) is 0.755. The molecule has 0 aliphatic heterocycles. The summed E-state index contributed by atoms with van der Waals surface area (Å²) in [6, 6.07) is 7.55. The lowest BCUT2D eigenvalue weighted by atomic mass is 10.2. The topological polar surface area (TPSA) is 68.7 Å². The molecular weight excluding hydrogens is 270 g/mol. The molecule has 0 saturated heterocycles. The second kappa shape index (κ2) is 7.47. The molecule has 5 nitrogen and oxygen atoms in total. The van der Waals surface area contributed by atoms with Gasteiger partial charge in [-0.3, -0.25) is 9.78 Å². The van der Waals surface area contributed by atoms with Crippen LogP contribution in [0.25, 0.3) is 10.9 Å². The van der Waals surface area contributed by atoms with Crippen molar-refractivity contribution in [3.8, 4) is 11.5 Å². The maximum Gasteiger partial charge on any atom is 0.303 e. The molecule has 0 amide bonds. The average molecular weight is 289 g/mol. The van der Waals surface area contributed by atoms with E-state index >= 15 is 0 Å². The third-order valence-corrected chi connectivity index (χ3v) is 3.21. The average Bonchev–Trinajstić information content (AvgIpc) is 2.50. The number of fused-ring (bicyclic) bond motifs is 1. The number of hydrogen-bond acceptors (Lipinski definition) is 4. The molecule has 0 fully saturated rings. The molecule has 2 rings (SSSR count). The highest BCUT2D eigenvalue weighted by molar-refractivity contribution is 5.89. The molecule has 21 heavy (non-hydrogen) atoms. The Kier molecular flexibility index (Phi) is 5.37. The van der Waals surface area contributed by atoms with Crippen molar-refractivity contribution in [1.29, 1.82) is 0 Å². The fourth-order valence-corrected chi connectivity index (χ4v) is 2.15. The SMILES string of the molecule is COc1cccc2c(OCCCCCC(=O)O)ccnc12. The number of aromatic nitrogens is 1. The van der Waals surface area contributed by atoms with Crippen LogP contribution < -0.4 is 9.47 Å². The fourth-order valence-electron chi connectivity index (χ4n) is 2.15. The van der Waals surface area contributed by atoms with Crippen LogP contribution in [0.3, 0.4) is 0 Å². The zero-order valence-electron chi connectivity index (χ0n) is 12.0. The first kappa shape index (κ1) is 15.1. The van der Waals surface area contributed by atoms with Gasteiger partial charge in [-0.2, -0.15) is 0 Å². The van der Waals surface area contributed by atoms with Gasteiger partial charge in [-0.25, -0.2) is 0 Å². The summed E-state index contributed by atoms with van der Waals surface area (Å²) < 4.78 is 11.1. The zero-order chi connectivity index (χ0) is 15.1. The van der Waals surface area contributed by atoms with E-state index in [9.17, 15) is 4.79 Å². The highest BCUT2D eigenvalue weighted by Gasteiger charge is 2.07. The molecule has 0 atom stereocenters. The predicted octanol–water partition coefficient (Wildman–Crippen LogP) is 3.27. The number of pyridine rings is 1. The summed E-state index contributed by atoms with van der Waals surface area (Å²) in [5, 5.41) is 9.48. The highest BCUT2D eigenvalue weighted by atomic mass is 16.5. The molecule has 0 spiro atoms. The minimum Gasteiger partial charge on any atom is -0.494 e. The second-order valence-electron chi connectivity index (χ2n) is 4.72. The fraction of sp³-hybridized carbons (Fsp3) is 0.375. The molecule has 1 N–H and O–H groups in total. The van der Waals surface area contributed by atoms with Gasteiger partial charge in [-0.15, -0.1) is 0 Å². The molecule has 1 aromatic carbocycles. The molecule has 1 heterocycles. The van der Waals surface area contributed by atoms with Gasteiger partial charge in [0.2, 0.25) is 0 Å². The van der Waals surface area contributed by atoms with Crippen LogP contribution >= 0.6 is 0 Å². The summed E-state index contributed by atoms with van der Waals surface area (Å²) >= 11 is 0. The lowest BCUT2D eigenvalue weighted by molar-refractivity contribution is -0.137. The van der Waals surface area contributed by atoms with Crippen LogP contribution in [0.5, 0.6) is 11.5 Å². The van der Waals surface area contributed by atoms with Crippen LogP contribution in [-0.2, 0) is 4.79 Å². The first-order valence-electron chi connectivity index (χ1n) is 6.98. The lowest BCUT2D eigenvalue weighted by Crippen LogP contribution is -2.00. The minimum atomic E-state index is -0.747. The number of carbonyl (C=O) groups is 1. The summed E-state index contributed by atoms with van der Waals surface area (Å²) in [6.07, 6.45) is 4.28. The van der Waals surface area contributed by atoms with Crippen LogP contribution in [0.4, 0.5) is 0 Å². The van der Waals surface area contributed by atoms with Crippen molar-refractivity contribution in [2.45, 2.75) is 25.7 Å². The van der Waals surface area contributed by atoms with E-state index in [1.165, 1.54) is 0 Å². The maximum absolute atomic E-state index is 10.4. The molecular formula is C16H19NO4. The Hall–Kier alpha value is -2.30.